The smallest absolute Gasteiger partial charge is 0.254 e. The highest BCUT2D eigenvalue weighted by molar-refractivity contribution is 9.10. The van der Waals surface area contributed by atoms with E-state index < -0.39 is 16.1 Å². The zero-order chi connectivity index (χ0) is 14.3. The molecule has 8 heteroatoms. The van der Waals surface area contributed by atoms with Crippen LogP contribution < -0.4 is 5.32 Å². The van der Waals surface area contributed by atoms with E-state index in [4.69, 9.17) is 0 Å². The molecule has 0 bridgehead atoms. The molecule has 20 heavy (non-hydrogen) atoms. The summed E-state index contributed by atoms with van der Waals surface area (Å²) < 4.78 is 27.5. The second-order valence-electron chi connectivity index (χ2n) is 5.11. The molecule has 1 N–H and O–H groups in total. The molecular weight excluding hydrogens is 364 g/mol. The third-order valence-electron chi connectivity index (χ3n) is 3.56. The third-order valence-corrected chi connectivity index (χ3v) is 8.11. The number of carbonyl (C=O) groups excluding carboxylic acids is 1. The van der Waals surface area contributed by atoms with Crippen molar-refractivity contribution in [1.82, 2.24) is 9.62 Å². The molecule has 5 nitrogen and oxygen atoms in total. The standard InChI is InChI=1S/C12H15BrN2O3S2/c13-9-5-7-19-12(9)20(17,18)15-6-1-2-10(15)11(16)14-8-3-4-8/h5,7-8,10H,1-4,6H2,(H,14,16). The Hall–Kier alpha value is -0.440. The quantitative estimate of drug-likeness (QED) is 0.870. The van der Waals surface area contributed by atoms with Gasteiger partial charge in [0, 0.05) is 17.1 Å². The predicted octanol–water partition coefficient (Wildman–Crippen LogP) is 1.94. The van der Waals surface area contributed by atoms with Gasteiger partial charge in [0.25, 0.3) is 10.0 Å². The lowest BCUT2D eigenvalue weighted by Gasteiger charge is -2.22. The lowest BCUT2D eigenvalue weighted by Crippen LogP contribution is -2.46. The van der Waals surface area contributed by atoms with Crippen LogP contribution in [0.25, 0.3) is 0 Å². The Morgan fingerprint density at radius 1 is 1.40 bits per heavy atom. The van der Waals surface area contributed by atoms with Gasteiger partial charge in [-0.2, -0.15) is 4.31 Å². The average Bonchev–Trinajstić information content (AvgIpc) is 2.92. The number of sulfonamides is 1. The SMILES string of the molecule is O=C(NC1CC1)C1CCCN1S(=O)(=O)c1sccc1Br. The molecule has 1 unspecified atom stereocenters. The van der Waals surface area contributed by atoms with E-state index in [1.54, 1.807) is 11.4 Å². The molecule has 1 aliphatic heterocycles. The van der Waals surface area contributed by atoms with Crippen LogP contribution in [0.5, 0.6) is 0 Å². The number of rotatable bonds is 4. The van der Waals surface area contributed by atoms with Crippen molar-refractivity contribution < 1.29 is 13.2 Å². The maximum atomic E-state index is 12.7. The van der Waals surface area contributed by atoms with Crippen LogP contribution in [0, 0.1) is 0 Å². The fourth-order valence-electron chi connectivity index (χ4n) is 2.39. The first-order chi connectivity index (χ1) is 9.50. The monoisotopic (exact) mass is 378 g/mol. The number of hydrogen-bond acceptors (Lipinski definition) is 4. The number of nitrogens with one attached hydrogen (secondary N) is 1. The Labute approximate surface area is 130 Å². The van der Waals surface area contributed by atoms with Crippen LogP contribution in [-0.2, 0) is 14.8 Å². The van der Waals surface area contributed by atoms with Crippen molar-refractivity contribution in [2.75, 3.05) is 6.54 Å². The summed E-state index contributed by atoms with van der Waals surface area (Å²) in [5, 5.41) is 4.63. The van der Waals surface area contributed by atoms with E-state index in [2.05, 4.69) is 21.2 Å². The van der Waals surface area contributed by atoms with Gasteiger partial charge in [-0.3, -0.25) is 4.79 Å². The van der Waals surface area contributed by atoms with Gasteiger partial charge in [-0.25, -0.2) is 8.42 Å². The maximum Gasteiger partial charge on any atom is 0.254 e. The average molecular weight is 379 g/mol. The second-order valence-corrected chi connectivity index (χ2v) is 8.97. The van der Waals surface area contributed by atoms with Gasteiger partial charge >= 0.3 is 0 Å². The van der Waals surface area contributed by atoms with E-state index in [-0.39, 0.29) is 16.2 Å². The highest BCUT2D eigenvalue weighted by Gasteiger charge is 2.41. The van der Waals surface area contributed by atoms with Crippen molar-refractivity contribution in [2.24, 2.45) is 0 Å². The van der Waals surface area contributed by atoms with E-state index in [0.29, 0.717) is 17.4 Å². The number of hydrogen-bond donors (Lipinski definition) is 1. The zero-order valence-electron chi connectivity index (χ0n) is 10.7. The summed E-state index contributed by atoms with van der Waals surface area (Å²) in [6.07, 6.45) is 3.33. The summed E-state index contributed by atoms with van der Waals surface area (Å²) >= 11 is 4.44. The minimum atomic E-state index is -3.59. The second kappa shape index (κ2) is 5.40. The molecule has 1 aromatic rings. The summed E-state index contributed by atoms with van der Waals surface area (Å²) in [7, 11) is -3.59. The van der Waals surface area contributed by atoms with Crippen molar-refractivity contribution in [3.8, 4) is 0 Å². The minimum Gasteiger partial charge on any atom is -0.352 e. The lowest BCUT2D eigenvalue weighted by molar-refractivity contribution is -0.124. The first-order valence-corrected chi connectivity index (χ1v) is 9.66. The summed E-state index contributed by atoms with van der Waals surface area (Å²) in [5.74, 6) is -0.152. The number of amides is 1. The van der Waals surface area contributed by atoms with Crippen molar-refractivity contribution in [3.63, 3.8) is 0 Å². The maximum absolute atomic E-state index is 12.7. The van der Waals surface area contributed by atoms with Gasteiger partial charge in [-0.1, -0.05) is 0 Å². The lowest BCUT2D eigenvalue weighted by atomic mass is 10.2. The fraction of sp³-hybridized carbons (Fsp3) is 0.583. The fourth-order valence-corrected chi connectivity index (χ4v) is 6.47. The Morgan fingerprint density at radius 2 is 2.15 bits per heavy atom. The van der Waals surface area contributed by atoms with Crippen LogP contribution in [0.3, 0.4) is 0 Å². The minimum absolute atomic E-state index is 0.152. The highest BCUT2D eigenvalue weighted by atomic mass is 79.9. The molecule has 0 radical (unpaired) electrons. The van der Waals surface area contributed by atoms with Crippen molar-refractivity contribution in [1.29, 1.82) is 0 Å². The van der Waals surface area contributed by atoms with Crippen LogP contribution in [0.15, 0.2) is 20.1 Å². The van der Waals surface area contributed by atoms with E-state index >= 15 is 0 Å². The number of nitrogens with zero attached hydrogens (tertiary/aromatic N) is 1. The van der Waals surface area contributed by atoms with Gasteiger partial charge in [0.05, 0.1) is 0 Å². The molecule has 1 aromatic heterocycles. The Balaban J connectivity index is 1.84. The van der Waals surface area contributed by atoms with Gasteiger partial charge < -0.3 is 5.32 Å². The van der Waals surface area contributed by atoms with Crippen LogP contribution in [0.4, 0.5) is 0 Å². The highest BCUT2D eigenvalue weighted by Crippen LogP contribution is 2.34. The Kier molecular flexibility index (Phi) is 3.91. The molecule has 1 saturated carbocycles. The van der Waals surface area contributed by atoms with E-state index in [9.17, 15) is 13.2 Å². The molecule has 2 heterocycles. The first kappa shape index (κ1) is 14.5. The third kappa shape index (κ3) is 2.66. The predicted molar refractivity (Wildman–Crippen MR) is 80.1 cm³/mol. The topological polar surface area (TPSA) is 66.5 Å². The molecule has 2 aliphatic rings. The van der Waals surface area contributed by atoms with Crippen molar-refractivity contribution >= 4 is 43.2 Å². The van der Waals surface area contributed by atoms with Crippen molar-refractivity contribution in [2.45, 2.75) is 42.0 Å². The molecule has 1 aliphatic carbocycles. The van der Waals surface area contributed by atoms with E-state index in [1.807, 2.05) is 0 Å². The molecule has 0 spiro atoms. The molecule has 2 fully saturated rings. The molecule has 110 valence electrons. The Morgan fingerprint density at radius 3 is 2.75 bits per heavy atom. The van der Waals surface area contributed by atoms with Crippen LogP contribution in [0.1, 0.15) is 25.7 Å². The number of halogens is 1. The summed E-state index contributed by atoms with van der Waals surface area (Å²) in [4.78, 5) is 12.2. The zero-order valence-corrected chi connectivity index (χ0v) is 13.9. The molecule has 0 aromatic carbocycles. The molecule has 1 amide bonds. The van der Waals surface area contributed by atoms with Crippen LogP contribution >= 0.6 is 27.3 Å². The van der Waals surface area contributed by atoms with Gasteiger partial charge in [-0.05, 0) is 53.1 Å². The normalized spacial score (nSPS) is 23.9. The summed E-state index contributed by atoms with van der Waals surface area (Å²) in [6, 6.07) is 1.41. The largest absolute Gasteiger partial charge is 0.352 e. The molecule has 1 atom stereocenters. The van der Waals surface area contributed by atoms with Crippen molar-refractivity contribution in [3.05, 3.63) is 15.9 Å². The van der Waals surface area contributed by atoms with Gasteiger partial charge in [0.2, 0.25) is 5.91 Å². The summed E-state index contributed by atoms with van der Waals surface area (Å²) in [5.41, 5.74) is 0. The first-order valence-electron chi connectivity index (χ1n) is 6.55. The number of carbonyl (C=O) groups is 1. The van der Waals surface area contributed by atoms with Gasteiger partial charge in [0.15, 0.2) is 0 Å². The van der Waals surface area contributed by atoms with E-state index in [0.717, 1.165) is 19.3 Å². The number of thiophene rings is 1. The Bertz CT molecular complexity index is 624. The van der Waals surface area contributed by atoms with Gasteiger partial charge in [-0.15, -0.1) is 11.3 Å². The van der Waals surface area contributed by atoms with Gasteiger partial charge in [0.1, 0.15) is 10.3 Å². The molecule has 3 rings (SSSR count). The summed E-state index contributed by atoms with van der Waals surface area (Å²) in [6.45, 7) is 0.412. The van der Waals surface area contributed by atoms with Crippen LogP contribution in [-0.4, -0.2) is 37.3 Å². The van der Waals surface area contributed by atoms with Crippen LogP contribution in [0.2, 0.25) is 0 Å². The molecular formula is C12H15BrN2O3S2. The van der Waals surface area contributed by atoms with E-state index in [1.165, 1.54) is 15.6 Å². The molecule has 1 saturated heterocycles.